The number of carbonyl (C=O) groups excluding carboxylic acids is 2. The van der Waals surface area contributed by atoms with Crippen molar-refractivity contribution in [3.05, 3.63) is 40.0 Å². The molecule has 0 bridgehead atoms. The lowest BCUT2D eigenvalue weighted by atomic mass is 9.68. The van der Waals surface area contributed by atoms with E-state index in [9.17, 15) is 9.59 Å². The summed E-state index contributed by atoms with van der Waals surface area (Å²) in [6.45, 7) is 10.4. The largest absolute Gasteiger partial charge is 0.285 e. The van der Waals surface area contributed by atoms with Crippen molar-refractivity contribution in [2.75, 3.05) is 0 Å². The van der Waals surface area contributed by atoms with Crippen LogP contribution < -0.4 is 0 Å². The molecular weight excluding hydrogens is 272 g/mol. The topological polar surface area (TPSA) is 34.1 Å². The molecule has 22 heavy (non-hydrogen) atoms. The van der Waals surface area contributed by atoms with Gasteiger partial charge in [0.1, 0.15) is 0 Å². The molecule has 1 aromatic rings. The van der Waals surface area contributed by atoms with E-state index in [2.05, 4.69) is 19.9 Å². The maximum absolute atomic E-state index is 12.8. The molecule has 2 nitrogen and oxygen atoms in total. The van der Waals surface area contributed by atoms with Crippen LogP contribution in [-0.2, 0) is 16.6 Å². The summed E-state index contributed by atoms with van der Waals surface area (Å²) in [5, 5.41) is 0. The first-order valence-corrected chi connectivity index (χ1v) is 8.10. The van der Waals surface area contributed by atoms with E-state index in [-0.39, 0.29) is 22.4 Å². The van der Waals surface area contributed by atoms with Crippen molar-refractivity contribution in [3.8, 4) is 0 Å². The molecule has 0 unspecified atom stereocenters. The number of hydrogen-bond acceptors (Lipinski definition) is 2. The summed E-state index contributed by atoms with van der Waals surface area (Å²) in [7, 11) is 0. The molecule has 0 atom stereocenters. The summed E-state index contributed by atoms with van der Waals surface area (Å²) in [4.78, 5) is 25.3. The van der Waals surface area contributed by atoms with Crippen molar-refractivity contribution in [1.29, 1.82) is 0 Å². The average Bonchev–Trinajstić information content (AvgIpc) is 2.40. The molecule has 2 aliphatic rings. The van der Waals surface area contributed by atoms with E-state index < -0.39 is 0 Å². The summed E-state index contributed by atoms with van der Waals surface area (Å²) in [5.41, 5.74) is 4.34. The van der Waals surface area contributed by atoms with Gasteiger partial charge < -0.3 is 0 Å². The zero-order valence-corrected chi connectivity index (χ0v) is 14.2. The van der Waals surface area contributed by atoms with Crippen LogP contribution in [0, 0.1) is 5.41 Å². The number of rotatable bonds is 0. The van der Waals surface area contributed by atoms with Crippen LogP contribution in [0.5, 0.6) is 0 Å². The maximum Gasteiger partial charge on any atom is 0.234 e. The number of allylic oxidation sites excluding steroid dienone is 1. The van der Waals surface area contributed by atoms with Gasteiger partial charge in [-0.1, -0.05) is 46.8 Å². The Hall–Kier alpha value is -1.70. The summed E-state index contributed by atoms with van der Waals surface area (Å²) in [5.74, 6) is -0.631. The first kappa shape index (κ1) is 15.2. The third kappa shape index (κ3) is 2.16. The number of benzene rings is 1. The number of fused-ring (bicyclic) bond motifs is 3. The van der Waals surface area contributed by atoms with Gasteiger partial charge in [0.15, 0.2) is 0 Å². The molecule has 0 N–H and O–H groups in total. The van der Waals surface area contributed by atoms with Gasteiger partial charge in [0, 0.05) is 11.1 Å². The molecule has 0 radical (unpaired) electrons. The van der Waals surface area contributed by atoms with Crippen molar-refractivity contribution in [2.24, 2.45) is 5.41 Å². The molecule has 0 amide bonds. The molecule has 0 saturated heterocycles. The van der Waals surface area contributed by atoms with Crippen LogP contribution in [0.3, 0.4) is 0 Å². The Morgan fingerprint density at radius 2 is 1.73 bits per heavy atom. The molecule has 116 valence electrons. The van der Waals surface area contributed by atoms with E-state index >= 15 is 0 Å². The SMILES string of the molecule is CC(C)(C)C1=Cc2ccc3c(c2C(=O)C1=O)CCCC3(C)C. The van der Waals surface area contributed by atoms with Crippen molar-refractivity contribution in [3.63, 3.8) is 0 Å². The van der Waals surface area contributed by atoms with Crippen LogP contribution in [-0.4, -0.2) is 11.6 Å². The van der Waals surface area contributed by atoms with Crippen molar-refractivity contribution < 1.29 is 9.59 Å². The second-order valence-electron chi connectivity index (χ2n) is 8.26. The Morgan fingerprint density at radius 3 is 2.36 bits per heavy atom. The molecule has 0 aliphatic heterocycles. The molecule has 3 rings (SSSR count). The van der Waals surface area contributed by atoms with Gasteiger partial charge in [0.25, 0.3) is 0 Å². The van der Waals surface area contributed by atoms with Crippen LogP contribution in [0.2, 0.25) is 0 Å². The third-order valence-electron chi connectivity index (χ3n) is 5.09. The second kappa shape index (κ2) is 4.65. The highest BCUT2D eigenvalue weighted by molar-refractivity contribution is 6.52. The minimum atomic E-state index is -0.322. The lowest BCUT2D eigenvalue weighted by Crippen LogP contribution is -2.32. The molecule has 0 saturated carbocycles. The van der Waals surface area contributed by atoms with E-state index in [1.165, 1.54) is 5.56 Å². The zero-order valence-electron chi connectivity index (χ0n) is 14.2. The van der Waals surface area contributed by atoms with Gasteiger partial charge in [-0.2, -0.15) is 0 Å². The van der Waals surface area contributed by atoms with Crippen LogP contribution in [0.4, 0.5) is 0 Å². The number of carbonyl (C=O) groups is 2. The lowest BCUT2D eigenvalue weighted by Gasteiger charge is -2.35. The van der Waals surface area contributed by atoms with Crippen LogP contribution in [0.25, 0.3) is 6.08 Å². The molecule has 0 aromatic heterocycles. The molecular formula is C20H24O2. The highest BCUT2D eigenvalue weighted by Crippen LogP contribution is 2.42. The molecule has 1 aromatic carbocycles. The van der Waals surface area contributed by atoms with E-state index in [1.807, 2.05) is 32.9 Å². The first-order valence-electron chi connectivity index (χ1n) is 8.10. The molecule has 2 heteroatoms. The summed E-state index contributed by atoms with van der Waals surface area (Å²) in [6, 6.07) is 4.19. The summed E-state index contributed by atoms with van der Waals surface area (Å²) >= 11 is 0. The van der Waals surface area contributed by atoms with Gasteiger partial charge in [-0.15, -0.1) is 0 Å². The summed E-state index contributed by atoms with van der Waals surface area (Å²) < 4.78 is 0. The predicted octanol–water partition coefficient (Wildman–Crippen LogP) is 4.50. The average molecular weight is 296 g/mol. The smallest absolute Gasteiger partial charge is 0.234 e. The van der Waals surface area contributed by atoms with Gasteiger partial charge >= 0.3 is 0 Å². The molecule has 2 aliphatic carbocycles. The summed E-state index contributed by atoms with van der Waals surface area (Å²) in [6.07, 6.45) is 5.04. The minimum Gasteiger partial charge on any atom is -0.285 e. The second-order valence-corrected chi connectivity index (χ2v) is 8.26. The number of hydrogen-bond donors (Lipinski definition) is 0. The van der Waals surface area contributed by atoms with E-state index in [4.69, 9.17) is 0 Å². The van der Waals surface area contributed by atoms with Crippen LogP contribution in [0.15, 0.2) is 17.7 Å². The Bertz CT molecular complexity index is 712. The molecule has 0 heterocycles. The fraction of sp³-hybridized carbons (Fsp3) is 0.500. The van der Waals surface area contributed by atoms with E-state index in [0.29, 0.717) is 11.1 Å². The number of ketones is 2. The Morgan fingerprint density at radius 1 is 1.05 bits per heavy atom. The molecule has 0 fully saturated rings. The Kier molecular flexibility index (Phi) is 3.21. The zero-order chi connectivity index (χ0) is 16.3. The van der Waals surface area contributed by atoms with E-state index in [0.717, 1.165) is 30.4 Å². The van der Waals surface area contributed by atoms with Gasteiger partial charge in [-0.25, -0.2) is 0 Å². The first-order chi connectivity index (χ1) is 10.1. The van der Waals surface area contributed by atoms with Crippen molar-refractivity contribution in [1.82, 2.24) is 0 Å². The number of Topliss-reactive ketones (excluding diaryl/α,β-unsaturated/α-hetero) is 2. The predicted molar refractivity (Wildman–Crippen MR) is 89.2 cm³/mol. The van der Waals surface area contributed by atoms with Gasteiger partial charge in [0.2, 0.25) is 11.6 Å². The highest BCUT2D eigenvalue weighted by Gasteiger charge is 2.38. The fourth-order valence-corrected chi connectivity index (χ4v) is 3.80. The van der Waals surface area contributed by atoms with Gasteiger partial charge in [0.05, 0.1) is 0 Å². The van der Waals surface area contributed by atoms with Gasteiger partial charge in [-0.05, 0) is 52.9 Å². The third-order valence-corrected chi connectivity index (χ3v) is 5.09. The monoisotopic (exact) mass is 296 g/mol. The maximum atomic E-state index is 12.8. The van der Waals surface area contributed by atoms with Crippen molar-refractivity contribution in [2.45, 2.75) is 59.3 Å². The van der Waals surface area contributed by atoms with Crippen LogP contribution >= 0.6 is 0 Å². The van der Waals surface area contributed by atoms with Crippen LogP contribution in [0.1, 0.15) is 74.5 Å². The molecule has 0 spiro atoms. The fourth-order valence-electron chi connectivity index (χ4n) is 3.80. The minimum absolute atomic E-state index is 0.0833. The Labute approximate surface area is 132 Å². The quantitative estimate of drug-likeness (QED) is 0.661. The lowest BCUT2D eigenvalue weighted by molar-refractivity contribution is -0.112. The Balaban J connectivity index is 2.26. The van der Waals surface area contributed by atoms with E-state index in [1.54, 1.807) is 0 Å². The van der Waals surface area contributed by atoms with Crippen molar-refractivity contribution >= 4 is 17.6 Å². The standard InChI is InChI=1S/C20H24O2/c1-19(2,3)15-11-12-8-9-14-13(7-6-10-20(14,4)5)16(12)18(22)17(15)21/h8-9,11H,6-7,10H2,1-5H3. The highest BCUT2D eigenvalue weighted by atomic mass is 16.2. The normalized spacial score (nSPS) is 20.3. The van der Waals surface area contributed by atoms with Gasteiger partial charge in [-0.3, -0.25) is 9.59 Å².